The van der Waals surface area contributed by atoms with E-state index in [1.54, 1.807) is 47.2 Å². The third-order valence-corrected chi connectivity index (χ3v) is 4.38. The first-order valence-electron chi connectivity index (χ1n) is 8.96. The number of piperazine rings is 1. The maximum absolute atomic E-state index is 12.7. The molecule has 0 saturated carbocycles. The number of ether oxygens (including phenoxy) is 1. The molecule has 3 rings (SSSR count). The zero-order chi connectivity index (χ0) is 19.9. The number of furan rings is 1. The van der Waals surface area contributed by atoms with Crippen molar-refractivity contribution in [2.75, 3.05) is 46.4 Å². The van der Waals surface area contributed by atoms with Crippen molar-refractivity contribution >= 4 is 17.7 Å². The van der Waals surface area contributed by atoms with Gasteiger partial charge in [0.15, 0.2) is 5.76 Å². The van der Waals surface area contributed by atoms with Crippen LogP contribution in [0.5, 0.6) is 0 Å². The van der Waals surface area contributed by atoms with E-state index < -0.39 is 0 Å². The van der Waals surface area contributed by atoms with Gasteiger partial charge in [-0.3, -0.25) is 14.4 Å². The second-order valence-corrected chi connectivity index (χ2v) is 6.22. The van der Waals surface area contributed by atoms with E-state index in [0.717, 1.165) is 0 Å². The number of methoxy groups -OCH3 is 1. The van der Waals surface area contributed by atoms with Crippen molar-refractivity contribution in [1.82, 2.24) is 20.1 Å². The van der Waals surface area contributed by atoms with Gasteiger partial charge in [0, 0.05) is 39.8 Å². The number of carbonyl (C=O) groups excluding carboxylic acids is 3. The fourth-order valence-corrected chi connectivity index (χ4v) is 2.87. The molecule has 9 nitrogen and oxygen atoms in total. The Morgan fingerprint density at radius 2 is 1.71 bits per heavy atom. The van der Waals surface area contributed by atoms with Crippen LogP contribution >= 0.6 is 0 Å². The molecule has 0 spiro atoms. The molecule has 2 aromatic heterocycles. The van der Waals surface area contributed by atoms with Crippen LogP contribution in [0, 0.1) is 0 Å². The minimum Gasteiger partial charge on any atom is -0.459 e. The largest absolute Gasteiger partial charge is 0.459 e. The van der Waals surface area contributed by atoms with Crippen LogP contribution in [-0.4, -0.2) is 78.9 Å². The number of carbonyl (C=O) groups is 3. The summed E-state index contributed by atoms with van der Waals surface area (Å²) in [4.78, 5) is 44.6. The Hall–Kier alpha value is -3.20. The number of nitrogens with one attached hydrogen (secondary N) is 1. The van der Waals surface area contributed by atoms with Gasteiger partial charge < -0.3 is 24.3 Å². The minimum atomic E-state index is -0.361. The van der Waals surface area contributed by atoms with Gasteiger partial charge in [-0.15, -0.1) is 0 Å². The molecule has 0 unspecified atom stereocenters. The quantitative estimate of drug-likeness (QED) is 0.731. The Morgan fingerprint density at radius 3 is 2.36 bits per heavy atom. The van der Waals surface area contributed by atoms with Crippen molar-refractivity contribution in [2.45, 2.75) is 0 Å². The van der Waals surface area contributed by atoms with Crippen LogP contribution in [0.2, 0.25) is 0 Å². The molecule has 1 N–H and O–H groups in total. The average molecular weight is 386 g/mol. The molecule has 1 aliphatic rings. The predicted molar refractivity (Wildman–Crippen MR) is 99.0 cm³/mol. The highest BCUT2D eigenvalue weighted by molar-refractivity contribution is 5.96. The van der Waals surface area contributed by atoms with Gasteiger partial charge in [0.25, 0.3) is 17.7 Å². The molecule has 9 heteroatoms. The number of nitrogens with zero attached hydrogens (tertiary/aromatic N) is 3. The molecule has 0 aliphatic carbocycles. The molecule has 3 heterocycles. The van der Waals surface area contributed by atoms with Gasteiger partial charge in [-0.25, -0.2) is 4.98 Å². The van der Waals surface area contributed by atoms with Gasteiger partial charge in [0.05, 0.1) is 12.9 Å². The van der Waals surface area contributed by atoms with Crippen LogP contribution in [0.25, 0.3) is 0 Å². The molecule has 0 aromatic carbocycles. The predicted octanol–water partition coefficient (Wildman–Crippen LogP) is 0.649. The van der Waals surface area contributed by atoms with Gasteiger partial charge in [0.2, 0.25) is 0 Å². The fourth-order valence-electron chi connectivity index (χ4n) is 2.87. The monoisotopic (exact) mass is 386 g/mol. The van der Waals surface area contributed by atoms with Crippen LogP contribution in [-0.2, 0) is 4.74 Å². The summed E-state index contributed by atoms with van der Waals surface area (Å²) in [6, 6.07) is 8.04. The number of pyridine rings is 1. The van der Waals surface area contributed by atoms with Gasteiger partial charge >= 0.3 is 0 Å². The maximum atomic E-state index is 12.7. The smallest absolute Gasteiger partial charge is 0.289 e. The first-order valence-corrected chi connectivity index (χ1v) is 8.96. The van der Waals surface area contributed by atoms with E-state index in [1.807, 2.05) is 0 Å². The molecule has 0 radical (unpaired) electrons. The van der Waals surface area contributed by atoms with Gasteiger partial charge in [-0.05, 0) is 24.3 Å². The molecule has 1 fully saturated rings. The normalized spacial score (nSPS) is 14.0. The highest BCUT2D eigenvalue weighted by atomic mass is 16.5. The Bertz CT molecular complexity index is 829. The first-order chi connectivity index (χ1) is 13.6. The van der Waals surface area contributed by atoms with Crippen molar-refractivity contribution in [2.24, 2.45) is 0 Å². The van der Waals surface area contributed by atoms with Crippen LogP contribution in [0.15, 0.2) is 41.0 Å². The standard InChI is InChI=1S/C19H22N4O5/c1-27-13-7-20-17(24)14-4-2-5-15(21-14)18(25)22-8-10-23(11-9-22)19(26)16-6-3-12-28-16/h2-6,12H,7-11,13H2,1H3,(H,20,24). The molecular formula is C19H22N4O5. The third kappa shape index (κ3) is 4.55. The van der Waals surface area contributed by atoms with Gasteiger partial charge in [0.1, 0.15) is 11.4 Å². The third-order valence-electron chi connectivity index (χ3n) is 4.38. The maximum Gasteiger partial charge on any atom is 0.289 e. The summed E-state index contributed by atoms with van der Waals surface area (Å²) in [6.45, 7) is 2.34. The Balaban J connectivity index is 1.58. The molecule has 2 aromatic rings. The number of hydrogen-bond acceptors (Lipinski definition) is 6. The highest BCUT2D eigenvalue weighted by Gasteiger charge is 2.27. The summed E-state index contributed by atoms with van der Waals surface area (Å²) >= 11 is 0. The van der Waals surface area contributed by atoms with E-state index in [2.05, 4.69) is 10.3 Å². The van der Waals surface area contributed by atoms with E-state index in [4.69, 9.17) is 9.15 Å². The number of hydrogen-bond donors (Lipinski definition) is 1. The molecule has 0 bridgehead atoms. The zero-order valence-electron chi connectivity index (χ0n) is 15.6. The summed E-state index contributed by atoms with van der Waals surface area (Å²) in [5.41, 5.74) is 0.374. The topological polar surface area (TPSA) is 105 Å². The van der Waals surface area contributed by atoms with Gasteiger partial charge in [-0.1, -0.05) is 6.07 Å². The molecular weight excluding hydrogens is 364 g/mol. The lowest BCUT2D eigenvalue weighted by atomic mass is 10.2. The van der Waals surface area contributed by atoms with Crippen molar-refractivity contribution in [3.8, 4) is 0 Å². The lowest BCUT2D eigenvalue weighted by molar-refractivity contribution is 0.0515. The van der Waals surface area contributed by atoms with E-state index in [1.165, 1.54) is 6.26 Å². The average Bonchev–Trinajstić information content (AvgIpc) is 3.28. The number of amides is 3. The van der Waals surface area contributed by atoms with E-state index in [-0.39, 0.29) is 34.9 Å². The van der Waals surface area contributed by atoms with Gasteiger partial charge in [-0.2, -0.15) is 0 Å². The summed E-state index contributed by atoms with van der Waals surface area (Å²) < 4.78 is 10.0. The SMILES string of the molecule is COCCNC(=O)c1cccc(C(=O)N2CCN(C(=O)c3ccco3)CC2)n1. The van der Waals surface area contributed by atoms with Crippen molar-refractivity contribution in [1.29, 1.82) is 0 Å². The highest BCUT2D eigenvalue weighted by Crippen LogP contribution is 2.12. The molecule has 3 amide bonds. The van der Waals surface area contributed by atoms with Crippen LogP contribution in [0.4, 0.5) is 0 Å². The van der Waals surface area contributed by atoms with Crippen molar-refractivity contribution < 1.29 is 23.5 Å². The molecule has 1 aliphatic heterocycles. The summed E-state index contributed by atoms with van der Waals surface area (Å²) in [5.74, 6) is -0.532. The van der Waals surface area contributed by atoms with Crippen molar-refractivity contribution in [3.05, 3.63) is 53.7 Å². The summed E-state index contributed by atoms with van der Waals surface area (Å²) in [7, 11) is 1.55. The first kappa shape index (κ1) is 19.6. The van der Waals surface area contributed by atoms with Crippen LogP contribution in [0.1, 0.15) is 31.5 Å². The summed E-state index contributed by atoms with van der Waals surface area (Å²) in [6.07, 6.45) is 1.46. The van der Waals surface area contributed by atoms with Crippen LogP contribution < -0.4 is 5.32 Å². The minimum absolute atomic E-state index is 0.175. The van der Waals surface area contributed by atoms with E-state index >= 15 is 0 Å². The second kappa shape index (κ2) is 9.14. The fraction of sp³-hybridized carbons (Fsp3) is 0.368. The molecule has 1 saturated heterocycles. The Morgan fingerprint density at radius 1 is 1.04 bits per heavy atom. The Labute approximate surface area is 162 Å². The summed E-state index contributed by atoms with van der Waals surface area (Å²) in [5, 5.41) is 2.67. The van der Waals surface area contributed by atoms with Crippen LogP contribution in [0.3, 0.4) is 0 Å². The lowest BCUT2D eigenvalue weighted by Gasteiger charge is -2.34. The van der Waals surface area contributed by atoms with Crippen molar-refractivity contribution in [3.63, 3.8) is 0 Å². The second-order valence-electron chi connectivity index (χ2n) is 6.22. The lowest BCUT2D eigenvalue weighted by Crippen LogP contribution is -2.50. The number of aromatic nitrogens is 1. The zero-order valence-corrected chi connectivity index (χ0v) is 15.6. The van der Waals surface area contributed by atoms with E-state index in [0.29, 0.717) is 39.3 Å². The van der Waals surface area contributed by atoms with E-state index in [9.17, 15) is 14.4 Å². The number of rotatable bonds is 6. The molecule has 0 atom stereocenters. The molecule has 28 heavy (non-hydrogen) atoms. The molecule has 148 valence electrons. The Kier molecular flexibility index (Phi) is 6.38.